The summed E-state index contributed by atoms with van der Waals surface area (Å²) in [5.74, 6) is -0.224. The van der Waals surface area contributed by atoms with Crippen LogP contribution in [0.4, 0.5) is 10.8 Å². The van der Waals surface area contributed by atoms with Crippen LogP contribution in [0.1, 0.15) is 65.3 Å². The van der Waals surface area contributed by atoms with Gasteiger partial charge in [-0.15, -0.1) is 0 Å². The van der Waals surface area contributed by atoms with E-state index in [2.05, 4.69) is 10.3 Å². The number of hydrogen-bond acceptors (Lipinski definition) is 5. The summed E-state index contributed by atoms with van der Waals surface area (Å²) in [5.41, 5.74) is 1.79. The third-order valence-electron chi connectivity index (χ3n) is 4.23. The number of hydrogen-bond donors (Lipinski definition) is 1. The molecule has 1 saturated heterocycles. The number of nitrogens with zero attached hydrogens (tertiary/aromatic N) is 2. The lowest BCUT2D eigenvalue weighted by atomic mass is 10.1. The van der Waals surface area contributed by atoms with Crippen molar-refractivity contribution in [3.63, 3.8) is 0 Å². The SMILES string of the molecule is CC(=O)c1cccc(NC(=O)c2sc(N3CCCC3=O)nc2C(C)C)c1. The Labute approximate surface area is 156 Å². The summed E-state index contributed by atoms with van der Waals surface area (Å²) in [6, 6.07) is 6.84. The van der Waals surface area contributed by atoms with Gasteiger partial charge in [0.05, 0.1) is 5.69 Å². The van der Waals surface area contributed by atoms with Crippen molar-refractivity contribution in [1.29, 1.82) is 0 Å². The zero-order valence-electron chi connectivity index (χ0n) is 15.0. The lowest BCUT2D eigenvalue weighted by Crippen LogP contribution is -2.23. The van der Waals surface area contributed by atoms with E-state index in [0.717, 1.165) is 6.42 Å². The van der Waals surface area contributed by atoms with Crippen molar-refractivity contribution in [2.75, 3.05) is 16.8 Å². The lowest BCUT2D eigenvalue weighted by Gasteiger charge is -2.10. The first kappa shape index (κ1) is 18.3. The van der Waals surface area contributed by atoms with E-state index in [9.17, 15) is 14.4 Å². The molecule has 1 aromatic carbocycles. The molecule has 0 aliphatic carbocycles. The van der Waals surface area contributed by atoms with Gasteiger partial charge >= 0.3 is 0 Å². The van der Waals surface area contributed by atoms with E-state index in [1.165, 1.54) is 18.3 Å². The number of carbonyl (C=O) groups is 3. The maximum Gasteiger partial charge on any atom is 0.267 e. The molecule has 0 saturated carbocycles. The van der Waals surface area contributed by atoms with Crippen molar-refractivity contribution < 1.29 is 14.4 Å². The van der Waals surface area contributed by atoms with Crippen LogP contribution in [0.5, 0.6) is 0 Å². The van der Waals surface area contributed by atoms with Gasteiger partial charge < -0.3 is 5.32 Å². The first-order valence-corrected chi connectivity index (χ1v) is 9.42. The molecule has 2 amide bonds. The van der Waals surface area contributed by atoms with Crippen molar-refractivity contribution >= 4 is 39.8 Å². The average Bonchev–Trinajstić information content (AvgIpc) is 3.21. The predicted octanol–water partition coefficient (Wildman–Crippen LogP) is 3.85. The molecule has 3 rings (SSSR count). The van der Waals surface area contributed by atoms with E-state index in [0.29, 0.717) is 39.9 Å². The maximum atomic E-state index is 12.8. The van der Waals surface area contributed by atoms with Crippen LogP contribution in [0.15, 0.2) is 24.3 Å². The van der Waals surface area contributed by atoms with Gasteiger partial charge in [0, 0.05) is 24.2 Å². The number of thiazole rings is 1. The summed E-state index contributed by atoms with van der Waals surface area (Å²) in [4.78, 5) is 43.0. The van der Waals surface area contributed by atoms with Crippen molar-refractivity contribution in [3.05, 3.63) is 40.4 Å². The molecule has 136 valence electrons. The fourth-order valence-electron chi connectivity index (χ4n) is 2.84. The summed E-state index contributed by atoms with van der Waals surface area (Å²) in [6.45, 7) is 6.07. The number of anilines is 2. The number of amides is 2. The van der Waals surface area contributed by atoms with Gasteiger partial charge in [0.1, 0.15) is 4.88 Å². The summed E-state index contributed by atoms with van der Waals surface area (Å²) in [6.07, 6.45) is 1.34. The predicted molar refractivity (Wildman–Crippen MR) is 102 cm³/mol. The molecule has 6 nitrogen and oxygen atoms in total. The quantitative estimate of drug-likeness (QED) is 0.810. The van der Waals surface area contributed by atoms with E-state index in [4.69, 9.17) is 0 Å². The summed E-state index contributed by atoms with van der Waals surface area (Å²) >= 11 is 1.24. The van der Waals surface area contributed by atoms with Gasteiger partial charge in [0.25, 0.3) is 5.91 Å². The van der Waals surface area contributed by atoms with Gasteiger partial charge in [-0.2, -0.15) is 0 Å². The Morgan fingerprint density at radius 2 is 2.08 bits per heavy atom. The summed E-state index contributed by atoms with van der Waals surface area (Å²) in [7, 11) is 0. The van der Waals surface area contributed by atoms with E-state index < -0.39 is 0 Å². The molecule has 2 aromatic rings. The Balaban J connectivity index is 1.88. The number of ketones is 1. The molecule has 0 bridgehead atoms. The number of carbonyl (C=O) groups excluding carboxylic acids is 3. The highest BCUT2D eigenvalue weighted by Crippen LogP contribution is 2.33. The number of benzene rings is 1. The van der Waals surface area contributed by atoms with Gasteiger partial charge in [-0.25, -0.2) is 4.98 Å². The highest BCUT2D eigenvalue weighted by atomic mass is 32.1. The molecule has 1 aliphatic rings. The summed E-state index contributed by atoms with van der Waals surface area (Å²) in [5, 5.41) is 3.42. The Bertz CT molecular complexity index is 873. The fraction of sp³-hybridized carbons (Fsp3) is 0.368. The van der Waals surface area contributed by atoms with Gasteiger partial charge in [-0.1, -0.05) is 37.3 Å². The highest BCUT2D eigenvalue weighted by molar-refractivity contribution is 7.18. The molecule has 1 N–H and O–H groups in total. The molecule has 7 heteroatoms. The molecule has 0 atom stereocenters. The number of Topliss-reactive ketones (excluding diaryl/α,β-unsaturated/α-hetero) is 1. The molecule has 1 aromatic heterocycles. The zero-order chi connectivity index (χ0) is 18.8. The third kappa shape index (κ3) is 3.67. The highest BCUT2D eigenvalue weighted by Gasteiger charge is 2.28. The Hall–Kier alpha value is -2.54. The minimum atomic E-state index is -0.273. The standard InChI is InChI=1S/C19H21N3O3S/c1-11(2)16-17(26-19(21-16)22-9-5-8-15(22)24)18(25)20-14-7-4-6-13(10-14)12(3)23/h4,6-7,10-11H,5,8-9H2,1-3H3,(H,20,25). The van der Waals surface area contributed by atoms with Crippen LogP contribution in [0.2, 0.25) is 0 Å². The second-order valence-corrected chi connectivity index (χ2v) is 7.58. The fourth-order valence-corrected chi connectivity index (χ4v) is 4.00. The van der Waals surface area contributed by atoms with Crippen LogP contribution in [0.25, 0.3) is 0 Å². The van der Waals surface area contributed by atoms with E-state index >= 15 is 0 Å². The molecular formula is C19H21N3O3S. The first-order valence-electron chi connectivity index (χ1n) is 8.60. The lowest BCUT2D eigenvalue weighted by molar-refractivity contribution is -0.117. The molecular weight excluding hydrogens is 350 g/mol. The maximum absolute atomic E-state index is 12.8. The van der Waals surface area contributed by atoms with Gasteiger partial charge in [-0.3, -0.25) is 19.3 Å². The Morgan fingerprint density at radius 1 is 1.31 bits per heavy atom. The monoisotopic (exact) mass is 371 g/mol. The minimum absolute atomic E-state index is 0.0511. The molecule has 0 unspecified atom stereocenters. The second kappa shape index (κ2) is 7.37. The number of rotatable bonds is 5. The Kier molecular flexibility index (Phi) is 5.18. The smallest absolute Gasteiger partial charge is 0.267 e. The van der Waals surface area contributed by atoms with Crippen LogP contribution in [0, 0.1) is 0 Å². The minimum Gasteiger partial charge on any atom is -0.321 e. The van der Waals surface area contributed by atoms with Crippen LogP contribution in [-0.2, 0) is 4.79 Å². The normalized spacial score (nSPS) is 14.2. The van der Waals surface area contributed by atoms with Gasteiger partial charge in [-0.05, 0) is 31.4 Å². The Morgan fingerprint density at radius 3 is 2.69 bits per heavy atom. The van der Waals surface area contributed by atoms with E-state index in [-0.39, 0.29) is 23.5 Å². The number of nitrogens with one attached hydrogen (secondary N) is 1. The molecule has 0 spiro atoms. The largest absolute Gasteiger partial charge is 0.321 e. The van der Waals surface area contributed by atoms with Crippen LogP contribution in [-0.4, -0.2) is 29.1 Å². The van der Waals surface area contributed by atoms with Crippen molar-refractivity contribution in [3.8, 4) is 0 Å². The van der Waals surface area contributed by atoms with Crippen LogP contribution < -0.4 is 10.2 Å². The molecule has 0 radical (unpaired) electrons. The topological polar surface area (TPSA) is 79.4 Å². The zero-order valence-corrected chi connectivity index (χ0v) is 15.9. The molecule has 1 fully saturated rings. The number of aromatic nitrogens is 1. The van der Waals surface area contributed by atoms with Crippen molar-refractivity contribution in [2.45, 2.75) is 39.5 Å². The van der Waals surface area contributed by atoms with E-state index in [1.54, 1.807) is 29.2 Å². The molecule has 2 heterocycles. The van der Waals surface area contributed by atoms with E-state index in [1.807, 2.05) is 13.8 Å². The van der Waals surface area contributed by atoms with Crippen molar-refractivity contribution in [2.24, 2.45) is 0 Å². The average molecular weight is 371 g/mol. The van der Waals surface area contributed by atoms with Crippen LogP contribution in [0.3, 0.4) is 0 Å². The first-order chi connectivity index (χ1) is 12.4. The summed E-state index contributed by atoms with van der Waals surface area (Å²) < 4.78 is 0. The van der Waals surface area contributed by atoms with Gasteiger partial charge in [0.2, 0.25) is 5.91 Å². The van der Waals surface area contributed by atoms with Crippen molar-refractivity contribution in [1.82, 2.24) is 4.98 Å². The molecule has 26 heavy (non-hydrogen) atoms. The van der Waals surface area contributed by atoms with Crippen LogP contribution >= 0.6 is 11.3 Å². The molecule has 1 aliphatic heterocycles. The van der Waals surface area contributed by atoms with Gasteiger partial charge in [0.15, 0.2) is 10.9 Å². The second-order valence-electron chi connectivity index (χ2n) is 6.61. The third-order valence-corrected chi connectivity index (χ3v) is 5.32.